The summed E-state index contributed by atoms with van der Waals surface area (Å²) in [6, 6.07) is 16.9. The van der Waals surface area contributed by atoms with Crippen LogP contribution in [0.15, 0.2) is 70.3 Å². The van der Waals surface area contributed by atoms with Crippen LogP contribution in [-0.4, -0.2) is 37.1 Å². The Kier molecular flexibility index (Phi) is 8.27. The number of oxazole rings is 1. The van der Waals surface area contributed by atoms with Crippen LogP contribution in [0.4, 0.5) is 10.1 Å². The van der Waals surface area contributed by atoms with Gasteiger partial charge < -0.3 is 20.0 Å². The number of piperidine rings is 1. The molecule has 31 heavy (non-hydrogen) atoms. The Bertz CT molecular complexity index is 986. The second-order valence-corrected chi connectivity index (χ2v) is 7.32. The molecular formula is C23H27FIN5O. The summed E-state index contributed by atoms with van der Waals surface area (Å²) in [5.74, 6) is 1.16. The van der Waals surface area contributed by atoms with Crippen molar-refractivity contribution in [2.75, 3.05) is 25.0 Å². The van der Waals surface area contributed by atoms with Crippen LogP contribution in [0.3, 0.4) is 0 Å². The van der Waals surface area contributed by atoms with E-state index in [4.69, 9.17) is 4.42 Å². The Hall–Kier alpha value is -2.62. The van der Waals surface area contributed by atoms with Crippen molar-refractivity contribution in [1.29, 1.82) is 0 Å². The molecule has 0 amide bonds. The number of anilines is 1. The van der Waals surface area contributed by atoms with Crippen LogP contribution in [0, 0.1) is 5.82 Å². The maximum absolute atomic E-state index is 13.5. The number of aliphatic imine (C=N–C) groups is 1. The molecule has 0 aliphatic carbocycles. The Balaban J connectivity index is 0.00000272. The van der Waals surface area contributed by atoms with Crippen molar-refractivity contribution in [2.24, 2.45) is 4.99 Å². The minimum atomic E-state index is -0.194. The first kappa shape index (κ1) is 23.1. The smallest absolute Gasteiger partial charge is 0.226 e. The van der Waals surface area contributed by atoms with Crippen molar-refractivity contribution in [1.82, 2.24) is 15.6 Å². The predicted octanol–water partition coefficient (Wildman–Crippen LogP) is 4.43. The average Bonchev–Trinajstić information content (AvgIpc) is 3.27. The first-order valence-corrected chi connectivity index (χ1v) is 10.2. The molecule has 1 aromatic heterocycles. The normalized spacial score (nSPS) is 14.8. The summed E-state index contributed by atoms with van der Waals surface area (Å²) in [5.41, 5.74) is 2.71. The van der Waals surface area contributed by atoms with E-state index in [1.807, 2.05) is 36.4 Å². The maximum Gasteiger partial charge on any atom is 0.226 e. The highest BCUT2D eigenvalue weighted by Gasteiger charge is 2.20. The first-order chi connectivity index (χ1) is 14.7. The summed E-state index contributed by atoms with van der Waals surface area (Å²) in [7, 11) is 1.76. The minimum Gasteiger partial charge on any atom is -0.444 e. The third-order valence-electron chi connectivity index (χ3n) is 5.24. The van der Waals surface area contributed by atoms with Crippen molar-refractivity contribution >= 4 is 35.6 Å². The predicted molar refractivity (Wildman–Crippen MR) is 132 cm³/mol. The number of guanidine groups is 1. The number of rotatable bonds is 5. The van der Waals surface area contributed by atoms with Gasteiger partial charge in [0, 0.05) is 37.4 Å². The molecule has 2 N–H and O–H groups in total. The summed E-state index contributed by atoms with van der Waals surface area (Å²) in [6.45, 7) is 2.28. The number of nitrogens with one attached hydrogen (secondary N) is 2. The van der Waals surface area contributed by atoms with Gasteiger partial charge in [0.15, 0.2) is 5.96 Å². The number of hydrogen-bond donors (Lipinski definition) is 2. The van der Waals surface area contributed by atoms with E-state index in [1.54, 1.807) is 25.4 Å². The Morgan fingerprint density at radius 2 is 1.94 bits per heavy atom. The van der Waals surface area contributed by atoms with Gasteiger partial charge >= 0.3 is 0 Å². The number of aromatic nitrogens is 1. The van der Waals surface area contributed by atoms with E-state index in [0.29, 0.717) is 18.5 Å². The fourth-order valence-electron chi connectivity index (χ4n) is 3.62. The quantitative estimate of drug-likeness (QED) is 0.288. The summed E-state index contributed by atoms with van der Waals surface area (Å²) >= 11 is 0. The molecule has 0 bridgehead atoms. The van der Waals surface area contributed by atoms with Gasteiger partial charge in [-0.3, -0.25) is 4.99 Å². The van der Waals surface area contributed by atoms with E-state index in [2.05, 4.69) is 25.5 Å². The highest BCUT2D eigenvalue weighted by atomic mass is 127. The van der Waals surface area contributed by atoms with Gasteiger partial charge in [-0.05, 0) is 43.2 Å². The van der Waals surface area contributed by atoms with Crippen molar-refractivity contribution in [3.8, 4) is 11.5 Å². The van der Waals surface area contributed by atoms with Gasteiger partial charge in [-0.2, -0.15) is 0 Å². The first-order valence-electron chi connectivity index (χ1n) is 10.2. The molecule has 0 radical (unpaired) electrons. The fourth-order valence-corrected chi connectivity index (χ4v) is 3.62. The Labute approximate surface area is 199 Å². The highest BCUT2D eigenvalue weighted by molar-refractivity contribution is 14.0. The standard InChI is InChI=1S/C23H26FN5O.HI/c1-25-23(26-15-20-16-30-22(27-20)17-6-3-2-4-7-17)28-19-10-12-29(13-11-19)21-9-5-8-18(24)14-21;/h2-9,14,16,19H,10-13,15H2,1H3,(H2,25,26,28);1H. The number of halogens is 2. The van der Waals surface area contributed by atoms with E-state index in [9.17, 15) is 4.39 Å². The Morgan fingerprint density at radius 3 is 2.65 bits per heavy atom. The molecule has 1 aliphatic heterocycles. The number of nitrogens with zero attached hydrogens (tertiary/aromatic N) is 3. The van der Waals surface area contributed by atoms with E-state index >= 15 is 0 Å². The van der Waals surface area contributed by atoms with Crippen molar-refractivity contribution in [3.63, 3.8) is 0 Å². The third-order valence-corrected chi connectivity index (χ3v) is 5.24. The van der Waals surface area contributed by atoms with Crippen LogP contribution >= 0.6 is 24.0 Å². The SMILES string of the molecule is CN=C(NCc1coc(-c2ccccc2)n1)NC1CCN(c2cccc(F)c2)CC1.I. The van der Waals surface area contributed by atoms with Gasteiger partial charge in [-0.1, -0.05) is 24.3 Å². The monoisotopic (exact) mass is 535 g/mol. The summed E-state index contributed by atoms with van der Waals surface area (Å²) in [6.07, 6.45) is 3.58. The molecule has 0 unspecified atom stereocenters. The molecular weight excluding hydrogens is 508 g/mol. The lowest BCUT2D eigenvalue weighted by molar-refractivity contribution is 0.461. The molecule has 1 aliphatic rings. The zero-order valence-corrected chi connectivity index (χ0v) is 19.8. The Morgan fingerprint density at radius 1 is 1.16 bits per heavy atom. The molecule has 8 heteroatoms. The van der Waals surface area contributed by atoms with Crippen LogP contribution in [0.25, 0.3) is 11.5 Å². The lowest BCUT2D eigenvalue weighted by atomic mass is 10.0. The minimum absolute atomic E-state index is 0. The van der Waals surface area contributed by atoms with E-state index in [0.717, 1.165) is 48.8 Å². The fraction of sp³-hybridized carbons (Fsp3) is 0.304. The lowest BCUT2D eigenvalue weighted by Gasteiger charge is -2.34. The summed E-state index contributed by atoms with van der Waals surface area (Å²) in [5, 5.41) is 6.78. The van der Waals surface area contributed by atoms with Crippen LogP contribution in [0.2, 0.25) is 0 Å². The number of benzene rings is 2. The van der Waals surface area contributed by atoms with Gasteiger partial charge in [0.2, 0.25) is 5.89 Å². The zero-order chi connectivity index (χ0) is 20.8. The average molecular weight is 535 g/mol. The molecule has 0 atom stereocenters. The molecule has 4 rings (SSSR count). The van der Waals surface area contributed by atoms with Crippen molar-refractivity contribution in [2.45, 2.75) is 25.4 Å². The molecule has 0 saturated carbocycles. The maximum atomic E-state index is 13.5. The number of hydrogen-bond acceptors (Lipinski definition) is 4. The van der Waals surface area contributed by atoms with Gasteiger partial charge in [0.05, 0.1) is 12.2 Å². The van der Waals surface area contributed by atoms with E-state index in [-0.39, 0.29) is 29.8 Å². The van der Waals surface area contributed by atoms with E-state index in [1.165, 1.54) is 6.07 Å². The molecule has 1 fully saturated rings. The van der Waals surface area contributed by atoms with Crippen molar-refractivity contribution in [3.05, 3.63) is 72.4 Å². The molecule has 2 aromatic carbocycles. The molecule has 3 aromatic rings. The van der Waals surface area contributed by atoms with Crippen LogP contribution in [-0.2, 0) is 6.54 Å². The van der Waals surface area contributed by atoms with Gasteiger partial charge in [-0.25, -0.2) is 9.37 Å². The topological polar surface area (TPSA) is 65.7 Å². The van der Waals surface area contributed by atoms with Crippen LogP contribution in [0.1, 0.15) is 18.5 Å². The second-order valence-electron chi connectivity index (χ2n) is 7.32. The van der Waals surface area contributed by atoms with E-state index < -0.39 is 0 Å². The van der Waals surface area contributed by atoms with Gasteiger partial charge in [0.1, 0.15) is 12.1 Å². The molecule has 0 spiro atoms. The van der Waals surface area contributed by atoms with Crippen LogP contribution in [0.5, 0.6) is 0 Å². The van der Waals surface area contributed by atoms with Crippen molar-refractivity contribution < 1.29 is 8.81 Å². The molecule has 6 nitrogen and oxygen atoms in total. The van der Waals surface area contributed by atoms with Crippen LogP contribution < -0.4 is 15.5 Å². The third kappa shape index (κ3) is 6.19. The zero-order valence-electron chi connectivity index (χ0n) is 17.4. The van der Waals surface area contributed by atoms with Gasteiger partial charge in [-0.15, -0.1) is 24.0 Å². The second kappa shape index (κ2) is 11.1. The highest BCUT2D eigenvalue weighted by Crippen LogP contribution is 2.21. The summed E-state index contributed by atoms with van der Waals surface area (Å²) < 4.78 is 19.0. The molecule has 2 heterocycles. The lowest BCUT2D eigenvalue weighted by Crippen LogP contribution is -2.48. The molecule has 164 valence electrons. The summed E-state index contributed by atoms with van der Waals surface area (Å²) in [4.78, 5) is 11.1. The molecule has 1 saturated heterocycles. The van der Waals surface area contributed by atoms with Gasteiger partial charge in [0.25, 0.3) is 0 Å². The largest absolute Gasteiger partial charge is 0.444 e.